The van der Waals surface area contributed by atoms with E-state index >= 15 is 0 Å². The van der Waals surface area contributed by atoms with Crippen molar-refractivity contribution in [2.45, 2.75) is 26.2 Å². The zero-order valence-corrected chi connectivity index (χ0v) is 6.04. The average Bonchev–Trinajstić information content (AvgIpc) is 1.88. The molecule has 0 heterocycles. The van der Waals surface area contributed by atoms with Crippen LogP contribution >= 0.6 is 0 Å². The molecule has 0 aromatic heterocycles. The Labute approximate surface area is 59.9 Å². The maximum Gasteiger partial charge on any atom is 0.245 e. The van der Waals surface area contributed by atoms with E-state index in [4.69, 9.17) is 0 Å². The third-order valence-electron chi connectivity index (χ3n) is 1.91. The number of rotatable bonds is 1. The SMILES string of the molecule is CC1CCCC=C1[N+](=O)[O-]. The molecule has 3 nitrogen and oxygen atoms in total. The number of nitro groups is 1. The summed E-state index contributed by atoms with van der Waals surface area (Å²) in [5.41, 5.74) is 0.409. The monoisotopic (exact) mass is 141 g/mol. The minimum absolute atomic E-state index is 0.156. The second-order valence-electron chi connectivity index (χ2n) is 2.72. The van der Waals surface area contributed by atoms with Crippen molar-refractivity contribution in [1.29, 1.82) is 0 Å². The van der Waals surface area contributed by atoms with Crippen molar-refractivity contribution in [2.24, 2.45) is 5.92 Å². The summed E-state index contributed by atoms with van der Waals surface area (Å²) >= 11 is 0. The summed E-state index contributed by atoms with van der Waals surface area (Å²) in [6.45, 7) is 1.91. The Morgan fingerprint density at radius 2 is 2.50 bits per heavy atom. The number of hydrogen-bond acceptors (Lipinski definition) is 2. The van der Waals surface area contributed by atoms with Gasteiger partial charge in [-0.15, -0.1) is 0 Å². The molecule has 0 fully saturated rings. The Morgan fingerprint density at radius 1 is 1.80 bits per heavy atom. The summed E-state index contributed by atoms with van der Waals surface area (Å²) in [6.07, 6.45) is 4.68. The summed E-state index contributed by atoms with van der Waals surface area (Å²) < 4.78 is 0. The first-order valence-corrected chi connectivity index (χ1v) is 3.56. The molecule has 0 saturated heterocycles. The molecule has 1 aliphatic rings. The highest BCUT2D eigenvalue weighted by molar-refractivity contribution is 4.99. The first-order chi connectivity index (χ1) is 4.72. The van der Waals surface area contributed by atoms with Gasteiger partial charge in [0.2, 0.25) is 5.70 Å². The molecule has 1 unspecified atom stereocenters. The van der Waals surface area contributed by atoms with Crippen molar-refractivity contribution in [3.63, 3.8) is 0 Å². The van der Waals surface area contributed by atoms with E-state index in [1.165, 1.54) is 0 Å². The highest BCUT2D eigenvalue weighted by Gasteiger charge is 2.21. The summed E-state index contributed by atoms with van der Waals surface area (Å²) in [6, 6.07) is 0. The van der Waals surface area contributed by atoms with Crippen LogP contribution in [0.2, 0.25) is 0 Å². The van der Waals surface area contributed by atoms with Gasteiger partial charge >= 0.3 is 0 Å². The molecule has 0 aromatic carbocycles. The first-order valence-electron chi connectivity index (χ1n) is 3.56. The fourth-order valence-electron chi connectivity index (χ4n) is 1.28. The van der Waals surface area contributed by atoms with E-state index in [2.05, 4.69) is 0 Å². The molecule has 0 saturated carbocycles. The third-order valence-corrected chi connectivity index (χ3v) is 1.91. The van der Waals surface area contributed by atoms with Crippen LogP contribution in [-0.4, -0.2) is 4.92 Å². The second kappa shape index (κ2) is 2.82. The van der Waals surface area contributed by atoms with Crippen molar-refractivity contribution in [1.82, 2.24) is 0 Å². The Kier molecular flexibility index (Phi) is 2.04. The molecule has 1 aliphatic carbocycles. The maximum atomic E-state index is 10.3. The molecular formula is C7H11NO2. The molecule has 10 heavy (non-hydrogen) atoms. The van der Waals surface area contributed by atoms with Crippen LogP contribution in [0.15, 0.2) is 11.8 Å². The van der Waals surface area contributed by atoms with Gasteiger partial charge in [-0.3, -0.25) is 10.1 Å². The predicted molar refractivity (Wildman–Crippen MR) is 38.1 cm³/mol. The van der Waals surface area contributed by atoms with Crippen molar-refractivity contribution in [3.05, 3.63) is 21.9 Å². The van der Waals surface area contributed by atoms with E-state index in [0.717, 1.165) is 19.3 Å². The number of hydrogen-bond donors (Lipinski definition) is 0. The maximum absolute atomic E-state index is 10.3. The smallest absolute Gasteiger partial charge is 0.245 e. The Morgan fingerprint density at radius 3 is 2.90 bits per heavy atom. The quantitative estimate of drug-likeness (QED) is 0.414. The van der Waals surface area contributed by atoms with E-state index in [0.29, 0.717) is 5.70 Å². The minimum atomic E-state index is -0.260. The predicted octanol–water partition coefficient (Wildman–Crippen LogP) is 1.97. The van der Waals surface area contributed by atoms with Crippen LogP contribution in [0.4, 0.5) is 0 Å². The molecule has 0 amide bonds. The van der Waals surface area contributed by atoms with Crippen LogP contribution < -0.4 is 0 Å². The van der Waals surface area contributed by atoms with Crippen LogP contribution in [-0.2, 0) is 0 Å². The van der Waals surface area contributed by atoms with Gasteiger partial charge in [0, 0.05) is 5.92 Å². The molecule has 0 bridgehead atoms. The zero-order valence-electron chi connectivity index (χ0n) is 6.04. The number of allylic oxidation sites excluding steroid dienone is 2. The lowest BCUT2D eigenvalue weighted by molar-refractivity contribution is -0.434. The molecule has 0 radical (unpaired) electrons. The molecule has 1 rings (SSSR count). The minimum Gasteiger partial charge on any atom is -0.259 e. The van der Waals surface area contributed by atoms with Crippen LogP contribution in [0.3, 0.4) is 0 Å². The summed E-state index contributed by atoms with van der Waals surface area (Å²) in [7, 11) is 0. The van der Waals surface area contributed by atoms with E-state index in [1.807, 2.05) is 6.92 Å². The lowest BCUT2D eigenvalue weighted by Gasteiger charge is -2.11. The molecule has 0 N–H and O–H groups in total. The van der Waals surface area contributed by atoms with Crippen LogP contribution in [0.5, 0.6) is 0 Å². The van der Waals surface area contributed by atoms with Gasteiger partial charge in [-0.05, 0) is 25.3 Å². The molecule has 1 atom stereocenters. The number of nitrogens with zero attached hydrogens (tertiary/aromatic N) is 1. The molecule has 0 aliphatic heterocycles. The lowest BCUT2D eigenvalue weighted by atomic mass is 9.94. The summed E-state index contributed by atoms with van der Waals surface area (Å²) in [4.78, 5) is 10.0. The van der Waals surface area contributed by atoms with E-state index in [9.17, 15) is 10.1 Å². The highest BCUT2D eigenvalue weighted by Crippen LogP contribution is 2.23. The van der Waals surface area contributed by atoms with Gasteiger partial charge in [-0.1, -0.05) is 6.92 Å². The molecule has 0 spiro atoms. The van der Waals surface area contributed by atoms with Crippen LogP contribution in [0.1, 0.15) is 26.2 Å². The standard InChI is InChI=1S/C7H11NO2/c1-6-4-2-3-5-7(6)8(9)10/h5-6H,2-4H2,1H3. The van der Waals surface area contributed by atoms with Gasteiger partial charge < -0.3 is 0 Å². The molecular weight excluding hydrogens is 130 g/mol. The van der Waals surface area contributed by atoms with E-state index in [1.54, 1.807) is 6.08 Å². The Balaban J connectivity index is 2.71. The lowest BCUT2D eigenvalue weighted by Crippen LogP contribution is -2.11. The highest BCUT2D eigenvalue weighted by atomic mass is 16.6. The molecule has 56 valence electrons. The van der Waals surface area contributed by atoms with Gasteiger partial charge in [0.25, 0.3) is 0 Å². The third kappa shape index (κ3) is 1.35. The van der Waals surface area contributed by atoms with Crippen LogP contribution in [0.25, 0.3) is 0 Å². The van der Waals surface area contributed by atoms with Crippen molar-refractivity contribution >= 4 is 0 Å². The second-order valence-corrected chi connectivity index (χ2v) is 2.72. The fourth-order valence-corrected chi connectivity index (χ4v) is 1.28. The van der Waals surface area contributed by atoms with Crippen molar-refractivity contribution < 1.29 is 4.92 Å². The zero-order chi connectivity index (χ0) is 7.56. The average molecular weight is 141 g/mol. The van der Waals surface area contributed by atoms with E-state index < -0.39 is 0 Å². The topological polar surface area (TPSA) is 43.1 Å². The van der Waals surface area contributed by atoms with Gasteiger partial charge in [0.15, 0.2) is 0 Å². The Hall–Kier alpha value is -0.860. The molecule has 3 heteroatoms. The van der Waals surface area contributed by atoms with Gasteiger partial charge in [0.1, 0.15) is 0 Å². The Bertz CT molecular complexity index is 174. The van der Waals surface area contributed by atoms with Gasteiger partial charge in [-0.25, -0.2) is 0 Å². The van der Waals surface area contributed by atoms with Gasteiger partial charge in [-0.2, -0.15) is 0 Å². The van der Waals surface area contributed by atoms with Crippen molar-refractivity contribution in [2.75, 3.05) is 0 Å². The normalized spacial score (nSPS) is 25.7. The van der Waals surface area contributed by atoms with Gasteiger partial charge in [0.05, 0.1) is 4.92 Å². The van der Waals surface area contributed by atoms with Crippen LogP contribution in [0, 0.1) is 16.0 Å². The summed E-state index contributed by atoms with van der Waals surface area (Å²) in [5, 5.41) is 10.3. The largest absolute Gasteiger partial charge is 0.259 e. The molecule has 0 aromatic rings. The van der Waals surface area contributed by atoms with E-state index in [-0.39, 0.29) is 10.8 Å². The fraction of sp³-hybridized carbons (Fsp3) is 0.714. The summed E-state index contributed by atoms with van der Waals surface area (Å²) in [5.74, 6) is 0.156. The van der Waals surface area contributed by atoms with Crippen molar-refractivity contribution in [3.8, 4) is 0 Å². The first kappa shape index (κ1) is 7.25.